The van der Waals surface area contributed by atoms with Crippen molar-refractivity contribution in [3.63, 3.8) is 0 Å². The largest absolute Gasteiger partial charge is 0.391 e. The first-order chi connectivity index (χ1) is 17.7. The number of nitrogens with one attached hydrogen (secondary N) is 1. The van der Waals surface area contributed by atoms with Crippen LogP contribution in [0, 0.1) is 11.8 Å². The normalized spacial score (nSPS) is 21.3. The van der Waals surface area contributed by atoms with Crippen LogP contribution in [0.3, 0.4) is 0 Å². The van der Waals surface area contributed by atoms with E-state index in [-0.39, 0.29) is 47.8 Å². The summed E-state index contributed by atoms with van der Waals surface area (Å²) in [6.07, 6.45) is -3.13. The SMILES string of the molecule is CCS(=O)(=O)c1ccc(CNC(=O)c2ccc3c(c2)C(=O)N(CC2CCC(C(F)(F)F)CC2)C3(C)C)cc1. The molecule has 0 atom stereocenters. The predicted molar refractivity (Wildman–Crippen MR) is 137 cm³/mol. The van der Waals surface area contributed by atoms with Gasteiger partial charge in [-0.25, -0.2) is 8.42 Å². The summed E-state index contributed by atoms with van der Waals surface area (Å²) in [6.45, 7) is 5.99. The molecule has 1 N–H and O–H groups in total. The van der Waals surface area contributed by atoms with Crippen LogP contribution in [0.2, 0.25) is 0 Å². The van der Waals surface area contributed by atoms with E-state index in [0.29, 0.717) is 30.5 Å². The lowest BCUT2D eigenvalue weighted by Gasteiger charge is -2.38. The van der Waals surface area contributed by atoms with Crippen molar-refractivity contribution in [3.8, 4) is 0 Å². The minimum Gasteiger partial charge on any atom is -0.348 e. The van der Waals surface area contributed by atoms with Gasteiger partial charge in [0.15, 0.2) is 9.84 Å². The topological polar surface area (TPSA) is 83.5 Å². The number of amides is 2. The van der Waals surface area contributed by atoms with Crippen molar-refractivity contribution in [1.82, 2.24) is 10.2 Å². The van der Waals surface area contributed by atoms with Gasteiger partial charge in [0.2, 0.25) is 0 Å². The molecule has 4 rings (SSSR count). The molecule has 2 aromatic rings. The van der Waals surface area contributed by atoms with Crippen LogP contribution < -0.4 is 5.32 Å². The van der Waals surface area contributed by atoms with Gasteiger partial charge >= 0.3 is 6.18 Å². The van der Waals surface area contributed by atoms with E-state index in [1.165, 1.54) is 12.1 Å². The van der Waals surface area contributed by atoms with E-state index in [1.807, 2.05) is 13.8 Å². The quantitative estimate of drug-likeness (QED) is 0.496. The number of carbonyl (C=O) groups excluding carboxylic acids is 2. The van der Waals surface area contributed by atoms with Gasteiger partial charge < -0.3 is 10.2 Å². The van der Waals surface area contributed by atoms with Crippen molar-refractivity contribution in [1.29, 1.82) is 0 Å². The zero-order chi connectivity index (χ0) is 27.9. The van der Waals surface area contributed by atoms with Crippen LogP contribution in [0.1, 0.15) is 78.3 Å². The molecule has 0 aromatic heterocycles. The number of rotatable bonds is 7. The number of alkyl halides is 3. The van der Waals surface area contributed by atoms with E-state index in [0.717, 1.165) is 11.1 Å². The molecule has 1 aliphatic carbocycles. The summed E-state index contributed by atoms with van der Waals surface area (Å²) in [5.74, 6) is -1.83. The number of benzene rings is 2. The minimum absolute atomic E-state index is 0.00704. The Morgan fingerprint density at radius 2 is 1.68 bits per heavy atom. The Bertz CT molecular complexity index is 1310. The van der Waals surface area contributed by atoms with Crippen molar-refractivity contribution < 1.29 is 31.2 Å². The van der Waals surface area contributed by atoms with Crippen LogP contribution in [0.5, 0.6) is 0 Å². The Hall–Kier alpha value is -2.88. The number of carbonyl (C=O) groups is 2. The summed E-state index contributed by atoms with van der Waals surface area (Å²) in [5.41, 5.74) is 1.64. The fourth-order valence-corrected chi connectivity index (χ4v) is 6.33. The van der Waals surface area contributed by atoms with Gasteiger partial charge in [-0.3, -0.25) is 9.59 Å². The Labute approximate surface area is 221 Å². The van der Waals surface area contributed by atoms with E-state index >= 15 is 0 Å². The third-order valence-electron chi connectivity index (χ3n) is 7.96. The lowest BCUT2D eigenvalue weighted by atomic mass is 9.81. The van der Waals surface area contributed by atoms with Gasteiger partial charge in [-0.1, -0.05) is 25.1 Å². The van der Waals surface area contributed by atoms with Crippen molar-refractivity contribution >= 4 is 21.7 Å². The van der Waals surface area contributed by atoms with Crippen molar-refractivity contribution in [3.05, 3.63) is 64.7 Å². The summed E-state index contributed by atoms with van der Waals surface area (Å²) in [5, 5.41) is 2.80. The highest BCUT2D eigenvalue weighted by molar-refractivity contribution is 7.91. The molecule has 2 amide bonds. The predicted octanol–water partition coefficient (Wildman–Crippen LogP) is 5.47. The molecule has 0 saturated heterocycles. The third kappa shape index (κ3) is 5.60. The molecule has 1 fully saturated rings. The maximum absolute atomic E-state index is 13.4. The van der Waals surface area contributed by atoms with E-state index in [4.69, 9.17) is 0 Å². The molecule has 0 unspecified atom stereocenters. The molecular weight excluding hydrogens is 517 g/mol. The molecule has 1 aliphatic heterocycles. The monoisotopic (exact) mass is 550 g/mol. The lowest BCUT2D eigenvalue weighted by molar-refractivity contribution is -0.184. The first kappa shape index (κ1) is 28.1. The first-order valence-electron chi connectivity index (χ1n) is 12.9. The van der Waals surface area contributed by atoms with Crippen molar-refractivity contribution in [2.75, 3.05) is 12.3 Å². The number of halogens is 3. The van der Waals surface area contributed by atoms with Gasteiger partial charge in [-0.15, -0.1) is 0 Å². The number of fused-ring (bicyclic) bond motifs is 1. The van der Waals surface area contributed by atoms with E-state index in [2.05, 4.69) is 5.32 Å². The Balaban J connectivity index is 1.41. The summed E-state index contributed by atoms with van der Waals surface area (Å²) in [7, 11) is -3.30. The molecule has 6 nitrogen and oxygen atoms in total. The Morgan fingerprint density at radius 3 is 2.26 bits per heavy atom. The Morgan fingerprint density at radius 1 is 1.05 bits per heavy atom. The van der Waals surface area contributed by atoms with Crippen LogP contribution >= 0.6 is 0 Å². The van der Waals surface area contributed by atoms with Crippen LogP contribution in [0.15, 0.2) is 47.4 Å². The summed E-state index contributed by atoms with van der Waals surface area (Å²) >= 11 is 0. The molecule has 2 aliphatic rings. The number of sulfone groups is 1. The average molecular weight is 551 g/mol. The molecule has 10 heteroatoms. The van der Waals surface area contributed by atoms with Gasteiger partial charge in [0, 0.05) is 24.2 Å². The van der Waals surface area contributed by atoms with Crippen LogP contribution in [-0.4, -0.2) is 43.6 Å². The number of hydrogen-bond donors (Lipinski definition) is 1. The lowest BCUT2D eigenvalue weighted by Crippen LogP contribution is -2.43. The van der Waals surface area contributed by atoms with Crippen molar-refractivity contribution in [2.24, 2.45) is 11.8 Å². The first-order valence-corrected chi connectivity index (χ1v) is 14.5. The highest BCUT2D eigenvalue weighted by Gasteiger charge is 2.46. The standard InChI is InChI=1S/C28H33F3N2O4S/c1-4-38(36,37)22-12-7-18(8-13-22)16-32-25(34)20-9-14-24-23(15-20)26(35)33(27(24,2)3)17-19-5-10-21(11-6-19)28(29,30)31/h7-9,12-15,19,21H,4-6,10-11,16-17H2,1-3H3,(H,32,34). The maximum atomic E-state index is 13.4. The number of nitrogens with zero attached hydrogens (tertiary/aromatic N) is 1. The molecule has 206 valence electrons. The van der Waals surface area contributed by atoms with E-state index in [1.54, 1.807) is 42.2 Å². The average Bonchev–Trinajstić information content (AvgIpc) is 3.07. The van der Waals surface area contributed by atoms with Gasteiger partial charge in [0.05, 0.1) is 22.1 Å². The summed E-state index contributed by atoms with van der Waals surface area (Å²) < 4.78 is 63.1. The van der Waals surface area contributed by atoms with Gasteiger partial charge in [-0.05, 0) is 80.8 Å². The van der Waals surface area contributed by atoms with E-state index in [9.17, 15) is 31.2 Å². The highest BCUT2D eigenvalue weighted by atomic mass is 32.2. The molecule has 0 spiro atoms. The van der Waals surface area contributed by atoms with Crippen molar-refractivity contribution in [2.45, 2.75) is 69.6 Å². The molecular formula is C28H33F3N2O4S. The molecule has 1 heterocycles. The number of hydrogen-bond acceptors (Lipinski definition) is 4. The second-order valence-corrected chi connectivity index (χ2v) is 13.0. The molecule has 1 saturated carbocycles. The summed E-state index contributed by atoms with van der Waals surface area (Å²) in [4.78, 5) is 28.2. The third-order valence-corrected chi connectivity index (χ3v) is 9.71. The zero-order valence-corrected chi connectivity index (χ0v) is 22.6. The molecule has 0 bridgehead atoms. The van der Waals surface area contributed by atoms with Gasteiger partial charge in [0.25, 0.3) is 11.8 Å². The minimum atomic E-state index is -4.17. The molecule has 38 heavy (non-hydrogen) atoms. The fourth-order valence-electron chi connectivity index (χ4n) is 5.45. The second-order valence-electron chi connectivity index (χ2n) is 10.7. The Kier molecular flexibility index (Phi) is 7.67. The molecule has 0 radical (unpaired) electrons. The zero-order valence-electron chi connectivity index (χ0n) is 21.8. The smallest absolute Gasteiger partial charge is 0.348 e. The van der Waals surface area contributed by atoms with Gasteiger partial charge in [0.1, 0.15) is 0 Å². The highest BCUT2D eigenvalue weighted by Crippen LogP contribution is 2.43. The van der Waals surface area contributed by atoms with Crippen LogP contribution in [0.4, 0.5) is 13.2 Å². The van der Waals surface area contributed by atoms with Crippen LogP contribution in [0.25, 0.3) is 0 Å². The molecule has 2 aromatic carbocycles. The second kappa shape index (κ2) is 10.4. The maximum Gasteiger partial charge on any atom is 0.391 e. The van der Waals surface area contributed by atoms with E-state index < -0.39 is 27.5 Å². The van der Waals surface area contributed by atoms with Gasteiger partial charge in [-0.2, -0.15) is 13.2 Å². The fraction of sp³-hybridized carbons (Fsp3) is 0.500. The van der Waals surface area contributed by atoms with Crippen LogP contribution in [-0.2, 0) is 21.9 Å². The summed E-state index contributed by atoms with van der Waals surface area (Å²) in [6, 6.07) is 11.3.